The predicted molar refractivity (Wildman–Crippen MR) is 71.8 cm³/mol. The van der Waals surface area contributed by atoms with Gasteiger partial charge in [-0.15, -0.1) is 0 Å². The second kappa shape index (κ2) is 6.81. The molecule has 1 aliphatic heterocycles. The standard InChI is InChI=1S/2C7H9.C2H4.2ClH.Ti/c2*1-2-7-5-3-4-6-7;1-2;;;/h2*3,5H,2,4H2,1H3;1-2H2;2*1H;/q;;;;;+2/p-2. The summed E-state index contributed by atoms with van der Waals surface area (Å²) in [5, 5.41) is 0. The van der Waals surface area contributed by atoms with Crippen LogP contribution in [0, 0.1) is 0 Å². The zero-order chi connectivity index (χ0) is 11.9. The van der Waals surface area contributed by atoms with Crippen LogP contribution < -0.4 is 24.8 Å². The second-order valence-electron chi connectivity index (χ2n) is 5.51. The molecule has 1 saturated heterocycles. The molecule has 0 aromatic carbocycles. The normalized spacial score (nSPS) is 20.9. The number of hydrogen-bond acceptors (Lipinski definition) is 0. The minimum absolute atomic E-state index is 0. The Morgan fingerprint density at radius 1 is 0.842 bits per heavy atom. The van der Waals surface area contributed by atoms with Crippen molar-refractivity contribution in [2.75, 3.05) is 0 Å². The molecule has 19 heavy (non-hydrogen) atoms. The Morgan fingerprint density at radius 2 is 1.26 bits per heavy atom. The van der Waals surface area contributed by atoms with Gasteiger partial charge in [0.2, 0.25) is 0 Å². The number of rotatable bonds is 4. The van der Waals surface area contributed by atoms with Crippen molar-refractivity contribution in [3.8, 4) is 0 Å². The Balaban J connectivity index is 0.000000902. The van der Waals surface area contributed by atoms with Crippen molar-refractivity contribution in [3.05, 3.63) is 43.2 Å². The fraction of sp³-hybridized carbons (Fsp3) is 0.500. The van der Waals surface area contributed by atoms with Gasteiger partial charge >= 0.3 is 109 Å². The van der Waals surface area contributed by atoms with E-state index in [9.17, 15) is 0 Å². The fourth-order valence-electron chi connectivity index (χ4n) is 3.68. The third-order valence-corrected chi connectivity index (χ3v) is 12.3. The van der Waals surface area contributed by atoms with Gasteiger partial charge in [0.25, 0.3) is 0 Å². The van der Waals surface area contributed by atoms with Gasteiger partial charge in [-0.2, -0.15) is 0 Å². The molecule has 3 rings (SSSR count). The van der Waals surface area contributed by atoms with E-state index >= 15 is 0 Å². The molecule has 0 radical (unpaired) electrons. The molecule has 0 atom stereocenters. The van der Waals surface area contributed by atoms with Crippen molar-refractivity contribution in [1.29, 1.82) is 0 Å². The van der Waals surface area contributed by atoms with Gasteiger partial charge in [-0.05, 0) is 0 Å². The SMILES string of the molecule is CCC1=[C]([Ti+2]2([C]3=C(CC)C=CC3)[CH2][CH2]2)CC=C1.[Cl-].[Cl-]. The second-order valence-corrected chi connectivity index (χ2v) is 12.3. The van der Waals surface area contributed by atoms with Crippen molar-refractivity contribution in [3.63, 3.8) is 0 Å². The number of allylic oxidation sites excluding steroid dienone is 8. The summed E-state index contributed by atoms with van der Waals surface area (Å²) >= 11 is -1.68. The molecule has 0 spiro atoms. The molecule has 3 aliphatic rings. The Labute approximate surface area is 133 Å². The largest absolute Gasteiger partial charge is 1.00 e. The molecule has 0 aromatic heterocycles. The molecule has 0 amide bonds. The molecule has 0 unspecified atom stereocenters. The van der Waals surface area contributed by atoms with Gasteiger partial charge in [0.05, 0.1) is 0 Å². The summed E-state index contributed by atoms with van der Waals surface area (Å²) in [5.74, 6) is 0. The van der Waals surface area contributed by atoms with E-state index in [1.54, 1.807) is 20.6 Å². The van der Waals surface area contributed by atoms with Crippen LogP contribution in [0.25, 0.3) is 0 Å². The van der Waals surface area contributed by atoms with Crippen molar-refractivity contribution in [2.45, 2.75) is 49.0 Å². The summed E-state index contributed by atoms with van der Waals surface area (Å²) in [4.78, 5) is 0. The average molecular weight is 333 g/mol. The van der Waals surface area contributed by atoms with Gasteiger partial charge < -0.3 is 24.8 Å². The van der Waals surface area contributed by atoms with Crippen LogP contribution >= 0.6 is 0 Å². The number of hydrogen-bond donors (Lipinski definition) is 0. The Kier molecular flexibility index (Phi) is 6.20. The van der Waals surface area contributed by atoms with Crippen LogP contribution in [0.4, 0.5) is 0 Å². The molecule has 0 bridgehead atoms. The van der Waals surface area contributed by atoms with Gasteiger partial charge in [-0.1, -0.05) is 0 Å². The molecule has 0 nitrogen and oxygen atoms in total. The Bertz CT molecular complexity index is 425. The maximum atomic E-state index is 2.41. The zero-order valence-corrected chi connectivity index (χ0v) is 14.9. The predicted octanol–water partition coefficient (Wildman–Crippen LogP) is -0.753. The van der Waals surface area contributed by atoms with E-state index in [1.807, 2.05) is 7.76 Å². The van der Waals surface area contributed by atoms with Crippen LogP contribution in [-0.4, -0.2) is 0 Å². The quantitative estimate of drug-likeness (QED) is 0.594. The van der Waals surface area contributed by atoms with Crippen LogP contribution in [-0.2, 0) is 16.6 Å². The van der Waals surface area contributed by atoms with E-state index in [1.165, 1.54) is 25.7 Å². The topological polar surface area (TPSA) is 0 Å². The van der Waals surface area contributed by atoms with Crippen molar-refractivity contribution >= 4 is 0 Å². The van der Waals surface area contributed by atoms with Crippen molar-refractivity contribution in [1.82, 2.24) is 0 Å². The summed E-state index contributed by atoms with van der Waals surface area (Å²) in [6.07, 6.45) is 14.7. The van der Waals surface area contributed by atoms with Crippen LogP contribution in [0.3, 0.4) is 0 Å². The maximum Gasteiger partial charge on any atom is -1.00 e. The van der Waals surface area contributed by atoms with Gasteiger partial charge in [-0.3, -0.25) is 0 Å². The van der Waals surface area contributed by atoms with Crippen LogP contribution in [0.2, 0.25) is 9.45 Å². The molecular formula is C16H22Cl2Ti. The van der Waals surface area contributed by atoms with Crippen LogP contribution in [0.15, 0.2) is 43.2 Å². The first-order chi connectivity index (χ1) is 8.31. The van der Waals surface area contributed by atoms with E-state index in [2.05, 4.69) is 38.2 Å². The van der Waals surface area contributed by atoms with E-state index in [0.717, 1.165) is 0 Å². The van der Waals surface area contributed by atoms with Crippen LogP contribution in [0.1, 0.15) is 39.5 Å². The summed E-state index contributed by atoms with van der Waals surface area (Å²) in [5.41, 5.74) is 3.41. The molecule has 104 valence electrons. The van der Waals surface area contributed by atoms with Gasteiger partial charge in [0, 0.05) is 0 Å². The summed E-state index contributed by atoms with van der Waals surface area (Å²) in [7, 11) is 0. The van der Waals surface area contributed by atoms with Gasteiger partial charge in [0.15, 0.2) is 0 Å². The average Bonchev–Trinajstić information content (AvgIpc) is 2.85. The maximum absolute atomic E-state index is 2.41. The number of halogens is 2. The summed E-state index contributed by atoms with van der Waals surface area (Å²) < 4.78 is 7.05. The monoisotopic (exact) mass is 332 g/mol. The molecule has 0 saturated carbocycles. The van der Waals surface area contributed by atoms with Crippen LogP contribution in [0.5, 0.6) is 0 Å². The molecular weight excluding hydrogens is 311 g/mol. The molecule has 3 heteroatoms. The minimum Gasteiger partial charge on any atom is -1.00 e. The van der Waals surface area contributed by atoms with Gasteiger partial charge in [-0.25, -0.2) is 0 Å². The molecule has 2 aliphatic carbocycles. The fourth-order valence-corrected chi connectivity index (χ4v) is 12.5. The summed E-state index contributed by atoms with van der Waals surface area (Å²) in [6.45, 7) is 4.65. The van der Waals surface area contributed by atoms with E-state index < -0.39 is 16.6 Å². The molecule has 0 N–H and O–H groups in total. The smallest absolute Gasteiger partial charge is 1.00 e. The zero-order valence-electron chi connectivity index (χ0n) is 11.8. The molecule has 0 aromatic rings. The Hall–Kier alpha value is 0.254. The van der Waals surface area contributed by atoms with Gasteiger partial charge in [0.1, 0.15) is 0 Å². The molecule has 1 fully saturated rings. The minimum atomic E-state index is -1.68. The third kappa shape index (κ3) is 2.83. The third-order valence-electron chi connectivity index (χ3n) is 4.72. The first-order valence-corrected chi connectivity index (χ1v) is 10.9. The van der Waals surface area contributed by atoms with E-state index in [0.29, 0.717) is 0 Å². The van der Waals surface area contributed by atoms with E-state index in [-0.39, 0.29) is 24.8 Å². The first kappa shape index (κ1) is 17.3. The Morgan fingerprint density at radius 3 is 1.58 bits per heavy atom. The molecule has 1 heterocycles. The van der Waals surface area contributed by atoms with Crippen molar-refractivity contribution in [2.24, 2.45) is 0 Å². The summed E-state index contributed by atoms with van der Waals surface area (Å²) in [6, 6.07) is 0. The van der Waals surface area contributed by atoms with Crippen molar-refractivity contribution < 1.29 is 41.4 Å². The first-order valence-electron chi connectivity index (χ1n) is 7.10. The van der Waals surface area contributed by atoms with E-state index in [4.69, 9.17) is 0 Å².